The predicted octanol–water partition coefficient (Wildman–Crippen LogP) is 2.25. The van der Waals surface area contributed by atoms with Crippen LogP contribution in [0.25, 0.3) is 0 Å². The molecule has 0 bridgehead atoms. The number of nitrogens with one attached hydrogen (secondary N) is 1. The molecule has 0 amide bonds. The second-order valence-electron chi connectivity index (χ2n) is 3.15. The molecule has 0 spiro atoms. The molecule has 1 aliphatic rings. The van der Waals surface area contributed by atoms with Gasteiger partial charge in [-0.3, -0.25) is 0 Å². The highest BCUT2D eigenvalue weighted by molar-refractivity contribution is 9.10. The van der Waals surface area contributed by atoms with Crippen molar-refractivity contribution in [3.63, 3.8) is 0 Å². The van der Waals surface area contributed by atoms with Crippen LogP contribution in [-0.2, 0) is 6.54 Å². The van der Waals surface area contributed by atoms with Gasteiger partial charge in [0.15, 0.2) is 0 Å². The highest BCUT2D eigenvalue weighted by Gasteiger charge is 2.41. The minimum atomic E-state index is -4.16. The zero-order chi connectivity index (χ0) is 10.3. The SMILES string of the molecule is FC(F)(F)C1CNc2cc(Br)nn2C1. The molecule has 1 N–H and O–H groups in total. The molecular formula is C7H7BrF3N3. The second kappa shape index (κ2) is 3.15. The Morgan fingerprint density at radius 3 is 2.93 bits per heavy atom. The number of anilines is 1. The summed E-state index contributed by atoms with van der Waals surface area (Å²) in [6, 6.07) is 1.66. The zero-order valence-corrected chi connectivity index (χ0v) is 8.56. The maximum Gasteiger partial charge on any atom is 0.395 e. The molecular weight excluding hydrogens is 263 g/mol. The van der Waals surface area contributed by atoms with Gasteiger partial charge in [0.1, 0.15) is 10.4 Å². The molecule has 1 aliphatic heterocycles. The van der Waals surface area contributed by atoms with Crippen LogP contribution in [0.2, 0.25) is 0 Å². The average molecular weight is 270 g/mol. The quantitative estimate of drug-likeness (QED) is 0.783. The van der Waals surface area contributed by atoms with Crippen LogP contribution in [0.4, 0.5) is 19.0 Å². The van der Waals surface area contributed by atoms with E-state index in [1.54, 1.807) is 6.07 Å². The Hall–Kier alpha value is -0.720. The molecule has 3 nitrogen and oxygen atoms in total. The predicted molar refractivity (Wildman–Crippen MR) is 48.0 cm³/mol. The smallest absolute Gasteiger partial charge is 0.370 e. The normalized spacial score (nSPS) is 21.6. The van der Waals surface area contributed by atoms with Crippen molar-refractivity contribution in [2.24, 2.45) is 5.92 Å². The Morgan fingerprint density at radius 1 is 1.57 bits per heavy atom. The first-order valence-electron chi connectivity index (χ1n) is 4.01. The van der Waals surface area contributed by atoms with Gasteiger partial charge in [-0.05, 0) is 15.9 Å². The fourth-order valence-electron chi connectivity index (χ4n) is 1.39. The lowest BCUT2D eigenvalue weighted by Crippen LogP contribution is -2.37. The standard InChI is InChI=1S/C7H7BrF3N3/c8-5-1-6-12-2-4(7(9,10)11)3-14(6)13-5/h1,4,12H,2-3H2. The molecule has 0 aromatic carbocycles. The lowest BCUT2D eigenvalue weighted by Gasteiger charge is -2.26. The van der Waals surface area contributed by atoms with Crippen LogP contribution in [0.3, 0.4) is 0 Å². The summed E-state index contributed by atoms with van der Waals surface area (Å²) in [4.78, 5) is 0. The van der Waals surface area contributed by atoms with Crippen LogP contribution in [0.5, 0.6) is 0 Å². The van der Waals surface area contributed by atoms with Crippen molar-refractivity contribution in [2.75, 3.05) is 11.9 Å². The first-order chi connectivity index (χ1) is 6.47. The van der Waals surface area contributed by atoms with Crippen molar-refractivity contribution in [3.05, 3.63) is 10.7 Å². The Labute approximate surface area is 86.4 Å². The molecule has 0 saturated carbocycles. The number of alkyl halides is 3. The first-order valence-corrected chi connectivity index (χ1v) is 4.80. The maximum absolute atomic E-state index is 12.3. The van der Waals surface area contributed by atoms with E-state index in [1.807, 2.05) is 0 Å². The summed E-state index contributed by atoms with van der Waals surface area (Å²) in [6.45, 7) is -0.195. The van der Waals surface area contributed by atoms with Crippen molar-refractivity contribution in [3.8, 4) is 0 Å². The summed E-state index contributed by atoms with van der Waals surface area (Å²) < 4.78 is 38.9. The third-order valence-corrected chi connectivity index (χ3v) is 2.52. The lowest BCUT2D eigenvalue weighted by molar-refractivity contribution is -0.175. The molecule has 1 atom stereocenters. The molecule has 0 aliphatic carbocycles. The second-order valence-corrected chi connectivity index (χ2v) is 3.97. The molecule has 1 aromatic heterocycles. The van der Waals surface area contributed by atoms with Gasteiger partial charge in [-0.25, -0.2) is 4.68 Å². The molecule has 78 valence electrons. The molecule has 2 rings (SSSR count). The van der Waals surface area contributed by atoms with Gasteiger partial charge in [0, 0.05) is 12.6 Å². The van der Waals surface area contributed by atoms with Crippen molar-refractivity contribution in [2.45, 2.75) is 12.7 Å². The van der Waals surface area contributed by atoms with Crippen LogP contribution in [-0.4, -0.2) is 22.5 Å². The zero-order valence-electron chi connectivity index (χ0n) is 6.98. The summed E-state index contributed by atoms with van der Waals surface area (Å²) in [5.74, 6) is -0.737. The number of hydrogen-bond acceptors (Lipinski definition) is 2. The Balaban J connectivity index is 2.21. The third kappa shape index (κ3) is 1.73. The first kappa shape index (κ1) is 9.82. The van der Waals surface area contributed by atoms with Gasteiger partial charge in [0.05, 0.1) is 12.5 Å². The Morgan fingerprint density at radius 2 is 2.29 bits per heavy atom. The fourth-order valence-corrected chi connectivity index (χ4v) is 1.80. The highest BCUT2D eigenvalue weighted by atomic mass is 79.9. The Bertz CT molecular complexity index is 346. The van der Waals surface area contributed by atoms with E-state index in [-0.39, 0.29) is 13.1 Å². The average Bonchev–Trinajstić information content (AvgIpc) is 2.41. The number of nitrogens with zero attached hydrogens (tertiary/aromatic N) is 2. The van der Waals surface area contributed by atoms with Crippen LogP contribution in [0, 0.1) is 5.92 Å². The number of rotatable bonds is 0. The van der Waals surface area contributed by atoms with Crippen LogP contribution >= 0.6 is 15.9 Å². The van der Waals surface area contributed by atoms with Crippen molar-refractivity contribution >= 4 is 21.7 Å². The van der Waals surface area contributed by atoms with Gasteiger partial charge in [-0.15, -0.1) is 0 Å². The monoisotopic (exact) mass is 269 g/mol. The van der Waals surface area contributed by atoms with E-state index in [2.05, 4.69) is 26.3 Å². The lowest BCUT2D eigenvalue weighted by atomic mass is 10.1. The summed E-state index contributed by atoms with van der Waals surface area (Å²) in [6.07, 6.45) is -4.16. The minimum Gasteiger partial charge on any atom is -0.370 e. The molecule has 7 heteroatoms. The van der Waals surface area contributed by atoms with Crippen LogP contribution in [0.1, 0.15) is 0 Å². The number of halogens is 4. The molecule has 0 fully saturated rings. The number of hydrogen-bond donors (Lipinski definition) is 1. The van der Waals surface area contributed by atoms with Crippen molar-refractivity contribution in [1.82, 2.24) is 9.78 Å². The molecule has 0 saturated heterocycles. The van der Waals surface area contributed by atoms with Crippen LogP contribution < -0.4 is 5.32 Å². The van der Waals surface area contributed by atoms with Gasteiger partial charge in [-0.2, -0.15) is 18.3 Å². The summed E-state index contributed by atoms with van der Waals surface area (Å²) in [7, 11) is 0. The van der Waals surface area contributed by atoms with E-state index in [4.69, 9.17) is 0 Å². The summed E-state index contributed by atoms with van der Waals surface area (Å²) in [5, 5.41) is 6.58. The fraction of sp³-hybridized carbons (Fsp3) is 0.571. The molecule has 0 radical (unpaired) electrons. The molecule has 1 aromatic rings. The van der Waals surface area contributed by atoms with Gasteiger partial charge >= 0.3 is 6.18 Å². The summed E-state index contributed by atoms with van der Waals surface area (Å²) >= 11 is 3.11. The summed E-state index contributed by atoms with van der Waals surface area (Å²) in [5.41, 5.74) is 0. The van der Waals surface area contributed by atoms with Crippen LogP contribution in [0.15, 0.2) is 10.7 Å². The van der Waals surface area contributed by atoms with E-state index in [0.717, 1.165) is 0 Å². The minimum absolute atomic E-state index is 0.0817. The molecule has 2 heterocycles. The van der Waals surface area contributed by atoms with Crippen molar-refractivity contribution in [1.29, 1.82) is 0 Å². The molecule has 14 heavy (non-hydrogen) atoms. The van der Waals surface area contributed by atoms with Gasteiger partial charge in [-0.1, -0.05) is 0 Å². The third-order valence-electron chi connectivity index (χ3n) is 2.14. The van der Waals surface area contributed by atoms with Gasteiger partial charge < -0.3 is 5.32 Å². The van der Waals surface area contributed by atoms with E-state index in [0.29, 0.717) is 10.4 Å². The number of aromatic nitrogens is 2. The van der Waals surface area contributed by atoms with Crippen molar-refractivity contribution < 1.29 is 13.2 Å². The van der Waals surface area contributed by atoms with E-state index in [1.165, 1.54) is 4.68 Å². The largest absolute Gasteiger partial charge is 0.395 e. The van der Waals surface area contributed by atoms with E-state index in [9.17, 15) is 13.2 Å². The highest BCUT2D eigenvalue weighted by Crippen LogP contribution is 2.32. The van der Waals surface area contributed by atoms with Gasteiger partial charge in [0.2, 0.25) is 0 Å². The Kier molecular flexibility index (Phi) is 2.21. The van der Waals surface area contributed by atoms with Gasteiger partial charge in [0.25, 0.3) is 0 Å². The number of fused-ring (bicyclic) bond motifs is 1. The maximum atomic E-state index is 12.3. The van der Waals surface area contributed by atoms with E-state index >= 15 is 0 Å². The molecule has 1 unspecified atom stereocenters. The van der Waals surface area contributed by atoms with E-state index < -0.39 is 12.1 Å². The topological polar surface area (TPSA) is 29.9 Å².